The highest BCUT2D eigenvalue weighted by molar-refractivity contribution is 5.96. The summed E-state index contributed by atoms with van der Waals surface area (Å²) in [5.74, 6) is 0.527. The van der Waals surface area contributed by atoms with Crippen molar-refractivity contribution in [3.8, 4) is 0 Å². The molecule has 0 bridgehead atoms. The molecule has 0 aliphatic carbocycles. The Morgan fingerprint density at radius 2 is 1.81 bits per heavy atom. The predicted octanol–water partition coefficient (Wildman–Crippen LogP) is 1.97. The summed E-state index contributed by atoms with van der Waals surface area (Å²) in [6.07, 6.45) is 2.61. The number of nitrogens with one attached hydrogen (secondary N) is 1. The summed E-state index contributed by atoms with van der Waals surface area (Å²) in [5, 5.41) is 2.88. The summed E-state index contributed by atoms with van der Waals surface area (Å²) < 4.78 is 0. The second-order valence-electron chi connectivity index (χ2n) is 6.66. The second kappa shape index (κ2) is 8.62. The van der Waals surface area contributed by atoms with Gasteiger partial charge in [0.15, 0.2) is 0 Å². The summed E-state index contributed by atoms with van der Waals surface area (Å²) in [5.41, 5.74) is 0.575. The van der Waals surface area contributed by atoms with Gasteiger partial charge in [-0.3, -0.25) is 9.59 Å². The first-order chi connectivity index (χ1) is 13.1. The van der Waals surface area contributed by atoms with Gasteiger partial charge >= 0.3 is 0 Å². The fraction of sp³-hybridized carbons (Fsp3) is 0.400. The molecule has 0 spiro atoms. The van der Waals surface area contributed by atoms with E-state index in [2.05, 4.69) is 20.2 Å². The van der Waals surface area contributed by atoms with Crippen LogP contribution in [0.2, 0.25) is 0 Å². The molecule has 3 rings (SSSR count). The van der Waals surface area contributed by atoms with E-state index in [9.17, 15) is 9.59 Å². The number of rotatable bonds is 5. The predicted molar refractivity (Wildman–Crippen MR) is 104 cm³/mol. The molecule has 27 heavy (non-hydrogen) atoms. The zero-order valence-electron chi connectivity index (χ0n) is 15.8. The van der Waals surface area contributed by atoms with Gasteiger partial charge in [0.05, 0.1) is 0 Å². The molecule has 1 saturated heterocycles. The molecule has 7 heteroatoms. The van der Waals surface area contributed by atoms with Gasteiger partial charge in [0.25, 0.3) is 11.8 Å². The summed E-state index contributed by atoms with van der Waals surface area (Å²) in [7, 11) is 0. The van der Waals surface area contributed by atoms with Crippen LogP contribution in [0, 0.1) is 0 Å². The Balaban J connectivity index is 1.63. The van der Waals surface area contributed by atoms with Gasteiger partial charge in [0.1, 0.15) is 17.2 Å². The van der Waals surface area contributed by atoms with Gasteiger partial charge in [-0.1, -0.05) is 19.1 Å². The minimum Gasteiger partial charge on any atom is -0.353 e. The number of pyridine rings is 2. The minimum absolute atomic E-state index is 0.0679. The smallest absolute Gasteiger partial charge is 0.272 e. The highest BCUT2D eigenvalue weighted by Gasteiger charge is 2.24. The molecule has 2 aromatic rings. The van der Waals surface area contributed by atoms with Crippen LogP contribution < -0.4 is 10.2 Å². The third-order valence-corrected chi connectivity index (χ3v) is 4.73. The summed E-state index contributed by atoms with van der Waals surface area (Å²) >= 11 is 0. The standard InChI is InChI=1S/C20H25N5O2/c1-3-15(2)22-19(26)16-7-6-8-17(23-16)20(27)25-13-11-24(12-14-25)18-9-4-5-10-21-18/h4-10,15H,3,11-14H2,1-2H3,(H,22,26). The minimum atomic E-state index is -0.251. The largest absolute Gasteiger partial charge is 0.353 e. The van der Waals surface area contributed by atoms with Crippen molar-refractivity contribution in [1.29, 1.82) is 0 Å². The third kappa shape index (κ3) is 4.61. The zero-order valence-corrected chi connectivity index (χ0v) is 15.8. The summed E-state index contributed by atoms with van der Waals surface area (Å²) in [6.45, 7) is 6.57. The molecule has 1 unspecified atom stereocenters. The Hall–Kier alpha value is -2.96. The van der Waals surface area contributed by atoms with Crippen molar-refractivity contribution in [2.75, 3.05) is 31.1 Å². The molecule has 1 N–H and O–H groups in total. The Kier molecular flexibility index (Phi) is 6.01. The van der Waals surface area contributed by atoms with Crippen LogP contribution in [0.3, 0.4) is 0 Å². The van der Waals surface area contributed by atoms with Gasteiger partial charge in [-0.05, 0) is 37.6 Å². The van der Waals surface area contributed by atoms with Crippen molar-refractivity contribution in [1.82, 2.24) is 20.2 Å². The van der Waals surface area contributed by atoms with E-state index < -0.39 is 0 Å². The van der Waals surface area contributed by atoms with E-state index in [1.165, 1.54) is 0 Å². The first-order valence-electron chi connectivity index (χ1n) is 9.31. The third-order valence-electron chi connectivity index (χ3n) is 4.73. The lowest BCUT2D eigenvalue weighted by Gasteiger charge is -2.35. The number of amides is 2. The lowest BCUT2D eigenvalue weighted by atomic mass is 10.2. The highest BCUT2D eigenvalue weighted by atomic mass is 16.2. The summed E-state index contributed by atoms with van der Waals surface area (Å²) in [6, 6.07) is 10.9. The van der Waals surface area contributed by atoms with Gasteiger partial charge in [-0.15, -0.1) is 0 Å². The first kappa shape index (κ1) is 18.8. The number of nitrogens with zero attached hydrogens (tertiary/aromatic N) is 4. The number of anilines is 1. The fourth-order valence-corrected chi connectivity index (χ4v) is 2.92. The van der Waals surface area contributed by atoms with Gasteiger partial charge in [0, 0.05) is 38.4 Å². The maximum atomic E-state index is 12.8. The molecule has 0 radical (unpaired) electrons. The monoisotopic (exact) mass is 367 g/mol. The molecule has 1 fully saturated rings. The maximum Gasteiger partial charge on any atom is 0.272 e. The molecule has 0 aromatic carbocycles. The van der Waals surface area contributed by atoms with Crippen LogP contribution >= 0.6 is 0 Å². The molecule has 1 atom stereocenters. The van der Waals surface area contributed by atoms with Crippen LogP contribution in [0.4, 0.5) is 5.82 Å². The van der Waals surface area contributed by atoms with Gasteiger partial charge < -0.3 is 15.1 Å². The van der Waals surface area contributed by atoms with E-state index in [4.69, 9.17) is 0 Å². The average Bonchev–Trinajstić information content (AvgIpc) is 2.74. The van der Waals surface area contributed by atoms with Crippen molar-refractivity contribution in [3.05, 3.63) is 54.0 Å². The van der Waals surface area contributed by atoms with Crippen LogP contribution in [0.15, 0.2) is 42.6 Å². The fourth-order valence-electron chi connectivity index (χ4n) is 2.92. The number of hydrogen-bond donors (Lipinski definition) is 1. The Bertz CT molecular complexity index is 788. The van der Waals surface area contributed by atoms with Gasteiger partial charge in [0.2, 0.25) is 0 Å². The number of carbonyl (C=O) groups is 2. The molecule has 1 aliphatic heterocycles. The van der Waals surface area contributed by atoms with Crippen molar-refractivity contribution in [2.45, 2.75) is 26.3 Å². The Labute approximate surface area is 159 Å². The van der Waals surface area contributed by atoms with E-state index in [-0.39, 0.29) is 23.6 Å². The van der Waals surface area contributed by atoms with E-state index in [1.807, 2.05) is 32.0 Å². The topological polar surface area (TPSA) is 78.4 Å². The SMILES string of the molecule is CCC(C)NC(=O)c1cccc(C(=O)N2CCN(c3ccccn3)CC2)n1. The highest BCUT2D eigenvalue weighted by Crippen LogP contribution is 2.14. The molecule has 2 aromatic heterocycles. The van der Waals surface area contributed by atoms with Crippen LogP contribution in [0.25, 0.3) is 0 Å². The maximum absolute atomic E-state index is 12.8. The van der Waals surface area contributed by atoms with Crippen molar-refractivity contribution in [2.24, 2.45) is 0 Å². The van der Waals surface area contributed by atoms with Crippen molar-refractivity contribution in [3.63, 3.8) is 0 Å². The summed E-state index contributed by atoms with van der Waals surface area (Å²) in [4.78, 5) is 37.6. The Morgan fingerprint density at radius 1 is 1.07 bits per heavy atom. The van der Waals surface area contributed by atoms with E-state index in [0.29, 0.717) is 18.8 Å². The van der Waals surface area contributed by atoms with Crippen LogP contribution in [-0.2, 0) is 0 Å². The molecule has 1 aliphatic rings. The van der Waals surface area contributed by atoms with E-state index in [1.54, 1.807) is 29.3 Å². The molecular formula is C20H25N5O2. The first-order valence-corrected chi connectivity index (χ1v) is 9.31. The van der Waals surface area contributed by atoms with E-state index in [0.717, 1.165) is 25.3 Å². The van der Waals surface area contributed by atoms with Crippen LogP contribution in [-0.4, -0.2) is 58.9 Å². The zero-order chi connectivity index (χ0) is 19.2. The average molecular weight is 367 g/mol. The lowest BCUT2D eigenvalue weighted by molar-refractivity contribution is 0.0740. The van der Waals surface area contributed by atoms with Crippen LogP contribution in [0.1, 0.15) is 41.2 Å². The quantitative estimate of drug-likeness (QED) is 0.874. The van der Waals surface area contributed by atoms with Crippen molar-refractivity contribution >= 4 is 17.6 Å². The molecule has 0 saturated carbocycles. The van der Waals surface area contributed by atoms with Gasteiger partial charge in [-0.2, -0.15) is 0 Å². The Morgan fingerprint density at radius 3 is 2.48 bits per heavy atom. The molecule has 142 valence electrons. The number of piperazine rings is 1. The van der Waals surface area contributed by atoms with Crippen molar-refractivity contribution < 1.29 is 9.59 Å². The number of carbonyl (C=O) groups excluding carboxylic acids is 2. The number of aromatic nitrogens is 2. The second-order valence-corrected chi connectivity index (χ2v) is 6.66. The molecule has 3 heterocycles. The van der Waals surface area contributed by atoms with Gasteiger partial charge in [-0.25, -0.2) is 9.97 Å². The number of hydrogen-bond acceptors (Lipinski definition) is 5. The molecule has 7 nitrogen and oxygen atoms in total. The molecular weight excluding hydrogens is 342 g/mol. The normalized spacial score (nSPS) is 15.3. The molecule has 2 amide bonds. The lowest BCUT2D eigenvalue weighted by Crippen LogP contribution is -2.49. The van der Waals surface area contributed by atoms with Crippen LogP contribution in [0.5, 0.6) is 0 Å². The van der Waals surface area contributed by atoms with E-state index >= 15 is 0 Å².